The molecular weight excluding hydrogens is 330 g/mol. The summed E-state index contributed by atoms with van der Waals surface area (Å²) in [6.45, 7) is 7.33. The molecule has 2 N–H and O–H groups in total. The normalized spacial score (nSPS) is 17.1. The molecule has 136 valence electrons. The average molecular weight is 353 g/mol. The van der Waals surface area contributed by atoms with Gasteiger partial charge in [-0.3, -0.25) is 9.89 Å². The summed E-state index contributed by atoms with van der Waals surface area (Å²) in [4.78, 5) is 22.5. The van der Waals surface area contributed by atoms with Crippen molar-refractivity contribution in [3.63, 3.8) is 0 Å². The van der Waals surface area contributed by atoms with E-state index in [0.29, 0.717) is 17.9 Å². The number of ether oxygens (including phenoxy) is 1. The Balaban J connectivity index is 1.56. The Morgan fingerprint density at radius 1 is 1.42 bits per heavy atom. The van der Waals surface area contributed by atoms with Crippen molar-refractivity contribution in [2.24, 2.45) is 0 Å². The summed E-state index contributed by atoms with van der Waals surface area (Å²) in [7, 11) is 0. The third kappa shape index (κ3) is 2.99. The fraction of sp³-hybridized carbons (Fsp3) is 0.421. The number of amides is 1. The van der Waals surface area contributed by atoms with Gasteiger partial charge in [0, 0.05) is 23.2 Å². The lowest BCUT2D eigenvalue weighted by Gasteiger charge is -2.40. The highest BCUT2D eigenvalue weighted by atomic mass is 16.5. The standard InChI is InChI=1S/C19H23N5O2/c1-11(2)26-10-14-6-7-24(14)19(25)17-8-13-4-5-16(21-18(13)22-17)15-9-20-23-12(15)3/h4-5,8-9,11,14H,6-7,10H2,1-3H3,(H,20,23)(H,21,22)/t14-/m1/s1. The molecule has 3 aromatic rings. The van der Waals surface area contributed by atoms with Crippen LogP contribution in [0.4, 0.5) is 0 Å². The molecule has 4 heterocycles. The van der Waals surface area contributed by atoms with Gasteiger partial charge in [-0.15, -0.1) is 0 Å². The van der Waals surface area contributed by atoms with Crippen molar-refractivity contribution in [1.82, 2.24) is 25.1 Å². The molecule has 0 radical (unpaired) electrons. The maximum atomic E-state index is 12.8. The van der Waals surface area contributed by atoms with Crippen LogP contribution in [0, 0.1) is 6.92 Å². The van der Waals surface area contributed by atoms with Crippen molar-refractivity contribution in [2.75, 3.05) is 13.2 Å². The van der Waals surface area contributed by atoms with Crippen molar-refractivity contribution in [3.05, 3.63) is 35.8 Å². The fourth-order valence-electron chi connectivity index (χ4n) is 3.22. The van der Waals surface area contributed by atoms with Crippen LogP contribution in [0.2, 0.25) is 0 Å². The molecule has 0 unspecified atom stereocenters. The number of carbonyl (C=O) groups is 1. The minimum Gasteiger partial charge on any atom is -0.377 e. The zero-order valence-electron chi connectivity index (χ0n) is 15.2. The maximum Gasteiger partial charge on any atom is 0.270 e. The Morgan fingerprint density at radius 2 is 2.27 bits per heavy atom. The largest absolute Gasteiger partial charge is 0.377 e. The lowest BCUT2D eigenvalue weighted by molar-refractivity contribution is -0.0102. The molecule has 4 rings (SSSR count). The summed E-state index contributed by atoms with van der Waals surface area (Å²) in [5, 5.41) is 7.89. The van der Waals surface area contributed by atoms with Crippen LogP contribution in [0.5, 0.6) is 0 Å². The van der Waals surface area contributed by atoms with Crippen molar-refractivity contribution >= 4 is 16.9 Å². The summed E-state index contributed by atoms with van der Waals surface area (Å²) in [6.07, 6.45) is 2.92. The number of aromatic nitrogens is 4. The molecule has 1 aliphatic heterocycles. The first-order valence-corrected chi connectivity index (χ1v) is 8.95. The number of hydrogen-bond acceptors (Lipinski definition) is 4. The Bertz CT molecular complexity index is 942. The van der Waals surface area contributed by atoms with Crippen LogP contribution in [0.1, 0.15) is 36.5 Å². The number of pyridine rings is 1. The Labute approximate surface area is 151 Å². The smallest absolute Gasteiger partial charge is 0.270 e. The van der Waals surface area contributed by atoms with E-state index in [4.69, 9.17) is 4.74 Å². The van der Waals surface area contributed by atoms with E-state index in [0.717, 1.165) is 35.3 Å². The number of likely N-dealkylation sites (tertiary alicyclic amines) is 1. The van der Waals surface area contributed by atoms with Crippen LogP contribution in [0.3, 0.4) is 0 Å². The molecule has 1 amide bonds. The van der Waals surface area contributed by atoms with E-state index in [2.05, 4.69) is 20.2 Å². The number of rotatable bonds is 5. The molecule has 1 fully saturated rings. The second kappa shape index (κ2) is 6.57. The van der Waals surface area contributed by atoms with Gasteiger partial charge in [0.05, 0.1) is 30.6 Å². The molecule has 0 spiro atoms. The molecule has 1 aliphatic rings. The maximum absolute atomic E-state index is 12.8. The predicted octanol–water partition coefficient (Wildman–Crippen LogP) is 2.90. The number of nitrogens with zero attached hydrogens (tertiary/aromatic N) is 3. The zero-order valence-corrected chi connectivity index (χ0v) is 15.2. The van der Waals surface area contributed by atoms with Crippen LogP contribution in [-0.2, 0) is 4.74 Å². The summed E-state index contributed by atoms with van der Waals surface area (Å²) < 4.78 is 5.66. The summed E-state index contributed by atoms with van der Waals surface area (Å²) >= 11 is 0. The van der Waals surface area contributed by atoms with Crippen LogP contribution in [-0.4, -0.2) is 56.3 Å². The Hall–Kier alpha value is -2.67. The molecular formula is C19H23N5O2. The van der Waals surface area contributed by atoms with E-state index in [9.17, 15) is 4.79 Å². The molecule has 7 heteroatoms. The molecule has 0 bridgehead atoms. The second-order valence-corrected chi connectivity index (χ2v) is 7.05. The zero-order chi connectivity index (χ0) is 18.3. The summed E-state index contributed by atoms with van der Waals surface area (Å²) in [5.74, 6) is 0.00708. The van der Waals surface area contributed by atoms with Crippen molar-refractivity contribution in [3.8, 4) is 11.3 Å². The lowest BCUT2D eigenvalue weighted by Crippen LogP contribution is -2.53. The van der Waals surface area contributed by atoms with Gasteiger partial charge in [0.2, 0.25) is 0 Å². The van der Waals surface area contributed by atoms with E-state index >= 15 is 0 Å². The van der Waals surface area contributed by atoms with Crippen LogP contribution in [0.25, 0.3) is 22.3 Å². The molecule has 0 aliphatic carbocycles. The van der Waals surface area contributed by atoms with E-state index < -0.39 is 0 Å². The number of aromatic amines is 2. The summed E-state index contributed by atoms with van der Waals surface area (Å²) in [5.41, 5.74) is 4.04. The Kier molecular flexibility index (Phi) is 4.24. The van der Waals surface area contributed by atoms with Crippen LogP contribution in [0.15, 0.2) is 24.4 Å². The van der Waals surface area contributed by atoms with Gasteiger partial charge in [-0.2, -0.15) is 5.10 Å². The van der Waals surface area contributed by atoms with Gasteiger partial charge in [-0.1, -0.05) is 0 Å². The van der Waals surface area contributed by atoms with Crippen molar-refractivity contribution < 1.29 is 9.53 Å². The number of nitrogens with one attached hydrogen (secondary N) is 2. The molecule has 7 nitrogen and oxygen atoms in total. The monoisotopic (exact) mass is 353 g/mol. The van der Waals surface area contributed by atoms with Gasteiger partial charge in [-0.05, 0) is 45.4 Å². The Morgan fingerprint density at radius 3 is 2.92 bits per heavy atom. The third-order valence-corrected chi connectivity index (χ3v) is 4.84. The van der Waals surface area contributed by atoms with Crippen molar-refractivity contribution in [1.29, 1.82) is 0 Å². The number of aryl methyl sites for hydroxylation is 1. The van der Waals surface area contributed by atoms with Gasteiger partial charge >= 0.3 is 0 Å². The van der Waals surface area contributed by atoms with E-state index in [1.54, 1.807) is 6.20 Å². The van der Waals surface area contributed by atoms with E-state index in [-0.39, 0.29) is 18.1 Å². The number of H-pyrrole nitrogens is 2. The quantitative estimate of drug-likeness (QED) is 0.738. The SMILES string of the molecule is Cc1[nH]ncc1-c1ccc2cc(C(=O)N3CC[C@@H]3COC(C)C)[nH]c2n1. The predicted molar refractivity (Wildman–Crippen MR) is 98.9 cm³/mol. The minimum absolute atomic E-state index is 0.00708. The highest BCUT2D eigenvalue weighted by molar-refractivity contribution is 5.98. The number of fused-ring (bicyclic) bond motifs is 1. The van der Waals surface area contributed by atoms with E-state index in [1.165, 1.54) is 0 Å². The molecule has 1 atom stereocenters. The highest BCUT2D eigenvalue weighted by Crippen LogP contribution is 2.25. The highest BCUT2D eigenvalue weighted by Gasteiger charge is 2.33. The second-order valence-electron chi connectivity index (χ2n) is 7.05. The first-order chi connectivity index (χ1) is 12.5. The van der Waals surface area contributed by atoms with Crippen LogP contribution < -0.4 is 0 Å². The minimum atomic E-state index is 0.00708. The number of hydrogen-bond donors (Lipinski definition) is 2. The van der Waals surface area contributed by atoms with Gasteiger partial charge < -0.3 is 14.6 Å². The van der Waals surface area contributed by atoms with Gasteiger partial charge in [-0.25, -0.2) is 4.98 Å². The molecule has 0 saturated carbocycles. The molecule has 3 aromatic heterocycles. The first kappa shape index (κ1) is 16.8. The fourth-order valence-corrected chi connectivity index (χ4v) is 3.22. The lowest BCUT2D eigenvalue weighted by atomic mass is 10.0. The number of carbonyl (C=O) groups excluding carboxylic acids is 1. The summed E-state index contributed by atoms with van der Waals surface area (Å²) in [6, 6.07) is 5.96. The topological polar surface area (TPSA) is 86.9 Å². The van der Waals surface area contributed by atoms with E-state index in [1.807, 2.05) is 43.9 Å². The molecule has 26 heavy (non-hydrogen) atoms. The average Bonchev–Trinajstić information content (AvgIpc) is 3.18. The first-order valence-electron chi connectivity index (χ1n) is 8.95. The van der Waals surface area contributed by atoms with Gasteiger partial charge in [0.1, 0.15) is 11.3 Å². The molecule has 1 saturated heterocycles. The third-order valence-electron chi connectivity index (χ3n) is 4.84. The molecule has 0 aromatic carbocycles. The van der Waals surface area contributed by atoms with Gasteiger partial charge in [0.25, 0.3) is 5.91 Å². The van der Waals surface area contributed by atoms with Crippen molar-refractivity contribution in [2.45, 2.75) is 39.3 Å². The van der Waals surface area contributed by atoms with Crippen LogP contribution >= 0.6 is 0 Å². The van der Waals surface area contributed by atoms with Gasteiger partial charge in [0.15, 0.2) is 0 Å².